The van der Waals surface area contributed by atoms with Gasteiger partial charge in [0.25, 0.3) is 6.33 Å². The molecule has 4 aromatic heterocycles. The molecule has 0 aliphatic heterocycles. The van der Waals surface area contributed by atoms with Crippen LogP contribution in [0.25, 0.3) is 117 Å². The summed E-state index contributed by atoms with van der Waals surface area (Å²) in [5.41, 5.74) is 9.71. The monoisotopic (exact) mass is 1240 g/mol. The van der Waals surface area contributed by atoms with Crippen LogP contribution < -0.4 is 9.30 Å². The molecule has 14 aromatic rings. The van der Waals surface area contributed by atoms with Crippen LogP contribution in [-0.2, 0) is 26.5 Å². The van der Waals surface area contributed by atoms with Crippen molar-refractivity contribution in [3.8, 4) is 95.6 Å². The molecule has 0 atom stereocenters. The minimum atomic E-state index is -0.104. The second kappa shape index (κ2) is 21.7. The predicted octanol–water partition coefficient (Wildman–Crippen LogP) is 18.3. The van der Waals surface area contributed by atoms with E-state index in [2.05, 4.69) is 68.1 Å². The van der Waals surface area contributed by atoms with Crippen LogP contribution in [0, 0.1) is 18.5 Å². The minimum Gasteiger partial charge on any atom is -0.522 e. The van der Waals surface area contributed by atoms with E-state index >= 15 is 0 Å². The molecule has 82 heavy (non-hydrogen) atoms. The molecule has 14 rings (SSSR count). The van der Waals surface area contributed by atoms with Gasteiger partial charge in [0.15, 0.2) is 0 Å². The molecule has 7 heteroatoms. The molecule has 10 aromatic carbocycles. The third-order valence-corrected chi connectivity index (χ3v) is 14.6. The summed E-state index contributed by atoms with van der Waals surface area (Å²) in [7, 11) is 0. The fourth-order valence-electron chi connectivity index (χ4n) is 10.6. The van der Waals surface area contributed by atoms with Crippen LogP contribution in [0.2, 0.25) is 0 Å². The molecule has 0 bridgehead atoms. The summed E-state index contributed by atoms with van der Waals surface area (Å²) in [5, 5.41) is 2.05. The first kappa shape index (κ1) is 45.0. The Morgan fingerprint density at radius 1 is 0.451 bits per heavy atom. The maximum atomic E-state index is 10.3. The zero-order chi connectivity index (χ0) is 59.7. The summed E-state index contributed by atoms with van der Waals surface area (Å²) in [4.78, 5) is 9.75. The van der Waals surface area contributed by atoms with Gasteiger partial charge >= 0.3 is 0 Å². The van der Waals surface area contributed by atoms with Crippen molar-refractivity contribution < 1.29 is 38.6 Å². The van der Waals surface area contributed by atoms with Gasteiger partial charge in [0.05, 0.1) is 30.8 Å². The van der Waals surface area contributed by atoms with Crippen LogP contribution >= 0.6 is 0 Å². The van der Waals surface area contributed by atoms with Gasteiger partial charge in [-0.3, -0.25) is 14.1 Å². The Balaban J connectivity index is 0.00000714. The summed E-state index contributed by atoms with van der Waals surface area (Å²) in [6.07, 6.45) is 7.15. The first-order valence-corrected chi connectivity index (χ1v) is 26.9. The average molecular weight is 1240 g/mol. The van der Waals surface area contributed by atoms with E-state index in [1.54, 1.807) is 16.8 Å². The molecule has 6 nitrogen and oxygen atoms in total. The van der Waals surface area contributed by atoms with Crippen LogP contribution in [-0.4, -0.2) is 19.1 Å². The second-order valence-electron chi connectivity index (χ2n) is 20.9. The van der Waals surface area contributed by atoms with E-state index < -0.39 is 0 Å². The number of ether oxygens (including phenoxy) is 1. The number of pyridine rings is 2. The van der Waals surface area contributed by atoms with Crippen molar-refractivity contribution in [3.63, 3.8) is 0 Å². The van der Waals surface area contributed by atoms with E-state index in [1.165, 1.54) is 0 Å². The average Bonchev–Trinajstić information content (AvgIpc) is 1.19. The topological polar surface area (TPSA) is 48.8 Å². The number of nitrogens with zero attached hydrogens (tertiary/aromatic N) is 5. The van der Waals surface area contributed by atoms with Gasteiger partial charge in [-0.25, -0.2) is 4.98 Å². The number of benzene rings is 10. The summed E-state index contributed by atoms with van der Waals surface area (Å²) >= 11 is 0. The summed E-state index contributed by atoms with van der Waals surface area (Å²) in [5.74, 6) is 1.91. The SMILES string of the molecule is [2H]c1c(-c2ccccc2)c([2H])c(-c2cccc(-c3c([2H])c(-c4ccccc4)c([2H])c(-c4ccccc4)c3[2H])c2-[n+]2[c-]n(-c3[c-]c(Oc4[c-]c5c(cc4)c4ccccc4n5-c4cc(C(C)(C)C)ccn4)ccn3)c3ccccc32)c([2H])c1-c1ccccc1.[Pt]. The van der Waals surface area contributed by atoms with Crippen LogP contribution in [0.1, 0.15) is 34.6 Å². The summed E-state index contributed by atoms with van der Waals surface area (Å²) < 4.78 is 73.2. The van der Waals surface area contributed by atoms with E-state index in [0.29, 0.717) is 89.7 Å². The maximum Gasteiger partial charge on any atom is 0.269 e. The molecule has 0 saturated heterocycles. The van der Waals surface area contributed by atoms with E-state index in [0.717, 1.165) is 33.2 Å². The number of fused-ring (bicyclic) bond motifs is 4. The fraction of sp³-hybridized carbons (Fsp3) is 0.0533. The van der Waals surface area contributed by atoms with Gasteiger partial charge in [-0.1, -0.05) is 214 Å². The number of hydrogen-bond donors (Lipinski definition) is 0. The number of para-hydroxylation sites is 4. The standard InChI is InChI=1S/C75H53N5O.Pt/c1-75(2,3)61-37-39-77-73(47-61)80-68-32-17-16-29-66(68)67-36-35-62(48-71(67)80)81-63-38-40-76-72(49-63)78-50-79(70-34-19-18-33-69(70)78)74-64(59-43-55(51-21-8-4-9-22-51)41-56(44-59)52-23-10-5-11-24-52)30-20-31-65(74)60-45-57(53-25-12-6-13-26-53)42-58(46-60)54-27-14-7-15-28-54;/h4-47H,1-3H3;/q-2;/i41D,42D,43D,44D,45D,46D;. The molecular weight excluding hydrogens is 1180 g/mol. The zero-order valence-electron chi connectivity index (χ0n) is 50.9. The number of hydrogen-bond acceptors (Lipinski definition) is 3. The minimum absolute atomic E-state index is 0. The molecule has 0 aliphatic carbocycles. The van der Waals surface area contributed by atoms with Crippen LogP contribution in [0.5, 0.6) is 11.5 Å². The quantitative estimate of drug-likeness (QED) is 0.0958. The number of imidazole rings is 1. The van der Waals surface area contributed by atoms with Gasteiger partial charge in [0.1, 0.15) is 5.82 Å². The maximum absolute atomic E-state index is 10.3. The van der Waals surface area contributed by atoms with Gasteiger partial charge in [-0.15, -0.1) is 17.5 Å². The molecule has 0 fully saturated rings. The third kappa shape index (κ3) is 9.82. The molecule has 0 spiro atoms. The van der Waals surface area contributed by atoms with Crippen molar-refractivity contribution in [3.05, 3.63) is 291 Å². The number of aromatic nitrogens is 5. The molecule has 4 heterocycles. The van der Waals surface area contributed by atoms with E-state index in [1.807, 2.05) is 199 Å². The van der Waals surface area contributed by atoms with Crippen molar-refractivity contribution in [2.24, 2.45) is 0 Å². The van der Waals surface area contributed by atoms with E-state index in [9.17, 15) is 8.22 Å². The molecule has 0 radical (unpaired) electrons. The summed E-state index contributed by atoms with van der Waals surface area (Å²) in [6, 6.07) is 75.9. The van der Waals surface area contributed by atoms with Gasteiger partial charge < -0.3 is 9.30 Å². The Kier molecular flexibility index (Phi) is 11.9. The normalized spacial score (nSPS) is 12.5. The van der Waals surface area contributed by atoms with Gasteiger partial charge in [-0.2, -0.15) is 18.2 Å². The van der Waals surface area contributed by atoms with Crippen LogP contribution in [0.3, 0.4) is 0 Å². The first-order valence-electron chi connectivity index (χ1n) is 29.9. The third-order valence-electron chi connectivity index (χ3n) is 14.6. The van der Waals surface area contributed by atoms with E-state index in [-0.39, 0.29) is 73.9 Å². The van der Waals surface area contributed by atoms with Crippen LogP contribution in [0.15, 0.2) is 267 Å². The van der Waals surface area contributed by atoms with Crippen molar-refractivity contribution >= 4 is 32.8 Å². The molecule has 0 saturated carbocycles. The molecular formula is C75H53N5OPt-2. The Labute approximate surface area is 500 Å². The summed E-state index contributed by atoms with van der Waals surface area (Å²) in [6.45, 7) is 6.57. The van der Waals surface area contributed by atoms with Crippen molar-refractivity contribution in [1.29, 1.82) is 0 Å². The van der Waals surface area contributed by atoms with E-state index in [4.69, 9.17) is 14.7 Å². The molecule has 0 amide bonds. The van der Waals surface area contributed by atoms with Crippen LogP contribution in [0.4, 0.5) is 0 Å². The smallest absolute Gasteiger partial charge is 0.269 e. The zero-order valence-corrected chi connectivity index (χ0v) is 47.2. The van der Waals surface area contributed by atoms with Gasteiger partial charge in [0.2, 0.25) is 0 Å². The molecule has 0 aliphatic rings. The largest absolute Gasteiger partial charge is 0.522 e. The Morgan fingerprint density at radius 3 is 1.50 bits per heavy atom. The fourth-order valence-corrected chi connectivity index (χ4v) is 10.6. The Bertz CT molecular complexity index is 4710. The Hall–Kier alpha value is -9.74. The first-order chi connectivity index (χ1) is 42.3. The number of rotatable bonds is 11. The Morgan fingerprint density at radius 2 is 0.939 bits per heavy atom. The second-order valence-corrected chi connectivity index (χ2v) is 20.9. The van der Waals surface area contributed by atoms with Crippen molar-refractivity contribution in [2.75, 3.05) is 0 Å². The van der Waals surface area contributed by atoms with Crippen molar-refractivity contribution in [2.45, 2.75) is 26.2 Å². The molecule has 0 N–H and O–H groups in total. The van der Waals surface area contributed by atoms with Gasteiger partial charge in [0, 0.05) is 38.5 Å². The van der Waals surface area contributed by atoms with Gasteiger partial charge in [-0.05, 0) is 143 Å². The molecule has 0 unspecified atom stereocenters. The van der Waals surface area contributed by atoms with Crippen molar-refractivity contribution in [1.82, 2.24) is 19.1 Å². The molecule has 396 valence electrons. The predicted molar refractivity (Wildman–Crippen MR) is 329 cm³/mol.